The highest BCUT2D eigenvalue weighted by molar-refractivity contribution is 6.32. The molecule has 0 saturated carbocycles. The first kappa shape index (κ1) is 28.4. The van der Waals surface area contributed by atoms with E-state index in [4.69, 9.17) is 22.1 Å². The number of allylic oxidation sites excluding steroid dienone is 3. The zero-order valence-corrected chi connectivity index (χ0v) is 24.1. The maximum atomic E-state index is 15.1. The molecule has 0 saturated heterocycles. The van der Waals surface area contributed by atoms with Gasteiger partial charge in [0.1, 0.15) is 29.8 Å². The van der Waals surface area contributed by atoms with Gasteiger partial charge in [-0.25, -0.2) is 8.78 Å². The average molecular weight is 574 g/mol. The molecule has 1 unspecified atom stereocenters. The quantitative estimate of drug-likeness (QED) is 0.337. The number of nitriles is 1. The normalized spacial score (nSPS) is 18.3. The van der Waals surface area contributed by atoms with E-state index >= 15 is 4.39 Å². The number of nitrogens with zero attached hydrogens (tertiary/aromatic N) is 2. The van der Waals surface area contributed by atoms with Crippen molar-refractivity contribution in [1.82, 2.24) is 0 Å². The fraction of sp³-hybridized carbons (Fsp3) is 0.273. The van der Waals surface area contributed by atoms with Gasteiger partial charge in [-0.1, -0.05) is 49.7 Å². The monoisotopic (exact) mass is 573 g/mol. The predicted molar refractivity (Wildman–Crippen MR) is 155 cm³/mol. The van der Waals surface area contributed by atoms with Crippen molar-refractivity contribution in [1.29, 1.82) is 5.26 Å². The number of carbonyl (C=O) groups is 1. The van der Waals surface area contributed by atoms with E-state index in [0.29, 0.717) is 23.4 Å². The van der Waals surface area contributed by atoms with E-state index in [1.807, 2.05) is 39.8 Å². The molecular weight excluding hydrogens is 544 g/mol. The van der Waals surface area contributed by atoms with E-state index in [-0.39, 0.29) is 46.3 Å². The third-order valence-electron chi connectivity index (χ3n) is 7.79. The highest BCUT2D eigenvalue weighted by Crippen LogP contribution is 2.51. The Hall–Kier alpha value is -4.15. The zero-order valence-electron chi connectivity index (χ0n) is 23.3. The van der Waals surface area contributed by atoms with Crippen LogP contribution >= 0.6 is 11.6 Å². The molecule has 5 rings (SSSR count). The van der Waals surface area contributed by atoms with Crippen molar-refractivity contribution in [3.63, 3.8) is 0 Å². The Kier molecular flexibility index (Phi) is 7.39. The number of hydrogen-bond donors (Lipinski definition) is 1. The van der Waals surface area contributed by atoms with Crippen molar-refractivity contribution in [2.24, 2.45) is 11.1 Å². The highest BCUT2D eigenvalue weighted by atomic mass is 35.5. The average Bonchev–Trinajstić information content (AvgIpc) is 2.89. The van der Waals surface area contributed by atoms with Crippen LogP contribution in [0.5, 0.6) is 5.75 Å². The lowest BCUT2D eigenvalue weighted by atomic mass is 9.68. The standard InChI is InChI=1S/C33H30ClF2N3O2/c1-18-11-19(2)22(12-20(18)17-41-29-10-9-21(35)13-24(29)34)30-23(16-37)32(38)39(26-8-6-5-7-25(26)36)27-14-33(3,4)15-28(40)31(27)30/h5-13,30H,14-15,17,38H2,1-4H3. The summed E-state index contributed by atoms with van der Waals surface area (Å²) in [5.74, 6) is -1.35. The molecule has 0 radical (unpaired) electrons. The molecule has 8 heteroatoms. The number of Topliss-reactive ketones (excluding diaryl/α,β-unsaturated/α-hetero) is 1. The van der Waals surface area contributed by atoms with Gasteiger partial charge in [0.2, 0.25) is 0 Å². The predicted octanol–water partition coefficient (Wildman–Crippen LogP) is 7.75. The third kappa shape index (κ3) is 5.20. The molecule has 3 aromatic carbocycles. The Bertz CT molecular complexity index is 1690. The van der Waals surface area contributed by atoms with Crippen LogP contribution in [-0.2, 0) is 11.4 Å². The Labute approximate surface area is 243 Å². The van der Waals surface area contributed by atoms with Gasteiger partial charge in [-0.15, -0.1) is 0 Å². The van der Waals surface area contributed by atoms with Gasteiger partial charge in [0, 0.05) is 17.7 Å². The van der Waals surface area contributed by atoms with Crippen LogP contribution in [0, 0.1) is 42.2 Å². The Morgan fingerprint density at radius 2 is 1.83 bits per heavy atom. The zero-order chi connectivity index (χ0) is 29.6. The minimum absolute atomic E-state index is 0.0984. The van der Waals surface area contributed by atoms with Crippen LogP contribution in [0.3, 0.4) is 0 Å². The van der Waals surface area contributed by atoms with Gasteiger partial charge in [0.25, 0.3) is 0 Å². The van der Waals surface area contributed by atoms with E-state index in [9.17, 15) is 14.4 Å². The van der Waals surface area contributed by atoms with Crippen molar-refractivity contribution in [3.05, 3.63) is 116 Å². The number of carbonyl (C=O) groups excluding carboxylic acids is 1. The van der Waals surface area contributed by atoms with Gasteiger partial charge in [0.15, 0.2) is 5.78 Å². The van der Waals surface area contributed by atoms with Crippen molar-refractivity contribution >= 4 is 23.1 Å². The lowest BCUT2D eigenvalue weighted by molar-refractivity contribution is -0.118. The SMILES string of the molecule is Cc1cc(C)c(C2C(C#N)=C(N)N(c3ccccc3F)C3=C2C(=O)CC(C)(C)C3)cc1COc1ccc(F)cc1Cl. The summed E-state index contributed by atoms with van der Waals surface area (Å²) in [7, 11) is 0. The van der Waals surface area contributed by atoms with Crippen molar-refractivity contribution in [2.75, 3.05) is 4.90 Å². The first-order valence-corrected chi connectivity index (χ1v) is 13.7. The lowest BCUT2D eigenvalue weighted by Gasteiger charge is -2.44. The lowest BCUT2D eigenvalue weighted by Crippen LogP contribution is -2.42. The number of ether oxygens (including phenoxy) is 1. The van der Waals surface area contributed by atoms with Crippen LogP contribution in [0.4, 0.5) is 14.5 Å². The molecule has 1 aliphatic heterocycles. The highest BCUT2D eigenvalue weighted by Gasteiger charge is 2.45. The van der Waals surface area contributed by atoms with E-state index in [0.717, 1.165) is 22.3 Å². The number of halogens is 3. The Morgan fingerprint density at radius 1 is 1.10 bits per heavy atom. The number of anilines is 1. The first-order chi connectivity index (χ1) is 19.4. The van der Waals surface area contributed by atoms with Crippen LogP contribution in [-0.4, -0.2) is 5.78 Å². The maximum absolute atomic E-state index is 15.1. The second kappa shape index (κ2) is 10.7. The summed E-state index contributed by atoms with van der Waals surface area (Å²) >= 11 is 6.16. The molecule has 2 N–H and O–H groups in total. The summed E-state index contributed by atoms with van der Waals surface area (Å²) in [5.41, 5.74) is 11.1. The van der Waals surface area contributed by atoms with Gasteiger partial charge in [-0.2, -0.15) is 5.26 Å². The van der Waals surface area contributed by atoms with Crippen LogP contribution in [0.1, 0.15) is 54.9 Å². The number of benzene rings is 3. The number of para-hydroxylation sites is 1. The van der Waals surface area contributed by atoms with Crippen LogP contribution in [0.2, 0.25) is 5.02 Å². The van der Waals surface area contributed by atoms with E-state index in [1.165, 1.54) is 24.3 Å². The van der Waals surface area contributed by atoms with Crippen molar-refractivity contribution in [2.45, 2.75) is 53.1 Å². The second-order valence-corrected chi connectivity index (χ2v) is 11.8. The fourth-order valence-electron chi connectivity index (χ4n) is 5.86. The summed E-state index contributed by atoms with van der Waals surface area (Å²) in [5, 5.41) is 10.6. The molecule has 1 atom stereocenters. The van der Waals surface area contributed by atoms with E-state index in [2.05, 4.69) is 6.07 Å². The van der Waals surface area contributed by atoms with Gasteiger partial charge in [0.05, 0.1) is 28.3 Å². The molecule has 0 aromatic heterocycles. The summed E-state index contributed by atoms with van der Waals surface area (Å²) < 4.78 is 34.6. The smallest absolute Gasteiger partial charge is 0.162 e. The molecular formula is C33H30ClF2N3O2. The molecule has 210 valence electrons. The van der Waals surface area contributed by atoms with Gasteiger partial charge in [-0.05, 0) is 78.3 Å². The van der Waals surface area contributed by atoms with Crippen LogP contribution in [0.15, 0.2) is 77.3 Å². The molecule has 1 heterocycles. The van der Waals surface area contributed by atoms with Crippen molar-refractivity contribution < 1.29 is 18.3 Å². The largest absolute Gasteiger partial charge is 0.487 e. The summed E-state index contributed by atoms with van der Waals surface area (Å²) in [6.45, 7) is 7.99. The molecule has 0 fully saturated rings. The molecule has 5 nitrogen and oxygen atoms in total. The number of ketones is 1. The molecule has 3 aromatic rings. The van der Waals surface area contributed by atoms with Gasteiger partial charge >= 0.3 is 0 Å². The second-order valence-electron chi connectivity index (χ2n) is 11.4. The molecule has 2 aliphatic rings. The van der Waals surface area contributed by atoms with Crippen molar-refractivity contribution in [3.8, 4) is 11.8 Å². The van der Waals surface area contributed by atoms with Crippen LogP contribution in [0.25, 0.3) is 0 Å². The topological polar surface area (TPSA) is 79.4 Å². The molecule has 41 heavy (non-hydrogen) atoms. The first-order valence-electron chi connectivity index (χ1n) is 13.3. The number of nitrogens with two attached hydrogens (primary N) is 1. The van der Waals surface area contributed by atoms with Gasteiger partial charge < -0.3 is 10.5 Å². The summed E-state index contributed by atoms with van der Waals surface area (Å²) in [6.07, 6.45) is 0.762. The third-order valence-corrected chi connectivity index (χ3v) is 8.08. The van der Waals surface area contributed by atoms with E-state index < -0.39 is 17.6 Å². The molecule has 1 aliphatic carbocycles. The number of hydrogen-bond acceptors (Lipinski definition) is 5. The molecule has 0 bridgehead atoms. The maximum Gasteiger partial charge on any atom is 0.162 e. The minimum Gasteiger partial charge on any atom is -0.487 e. The van der Waals surface area contributed by atoms with Gasteiger partial charge in [-0.3, -0.25) is 9.69 Å². The summed E-state index contributed by atoms with van der Waals surface area (Å²) in [4.78, 5) is 15.4. The van der Waals surface area contributed by atoms with Crippen LogP contribution < -0.4 is 15.4 Å². The Balaban J connectivity index is 1.66. The fourth-order valence-corrected chi connectivity index (χ4v) is 6.08. The van der Waals surface area contributed by atoms with E-state index in [1.54, 1.807) is 23.1 Å². The number of rotatable bonds is 5. The molecule has 0 spiro atoms. The minimum atomic E-state index is -0.726. The summed E-state index contributed by atoms with van der Waals surface area (Å²) in [6, 6.07) is 16.3. The Morgan fingerprint density at radius 3 is 2.51 bits per heavy atom. The number of aryl methyl sites for hydroxylation is 2. The molecule has 0 amide bonds.